The third-order valence-electron chi connectivity index (χ3n) is 3.21. The maximum absolute atomic E-state index is 11.0. The molecule has 0 atom stereocenters. The van der Waals surface area contributed by atoms with Crippen LogP contribution in [0.1, 0.15) is 11.1 Å². The minimum Gasteiger partial charge on any atom is -0.380 e. The second kappa shape index (κ2) is 4.57. The Morgan fingerprint density at radius 2 is 1.84 bits per heavy atom. The number of rotatable bonds is 2. The SMILES string of the molecule is O=[N+]([O-])c1ccccc1/C=C1/CNc2ccccc21. The van der Waals surface area contributed by atoms with E-state index in [1.165, 1.54) is 6.07 Å². The summed E-state index contributed by atoms with van der Waals surface area (Å²) in [6.45, 7) is 0.700. The predicted molar refractivity (Wildman–Crippen MR) is 75.9 cm³/mol. The number of para-hydroxylation sites is 2. The van der Waals surface area contributed by atoms with Gasteiger partial charge in [0.05, 0.1) is 10.5 Å². The van der Waals surface area contributed by atoms with Gasteiger partial charge in [0.1, 0.15) is 0 Å². The van der Waals surface area contributed by atoms with Gasteiger partial charge in [-0.15, -0.1) is 0 Å². The van der Waals surface area contributed by atoms with Crippen LogP contribution in [0.5, 0.6) is 0 Å². The molecule has 2 aromatic carbocycles. The largest absolute Gasteiger partial charge is 0.380 e. The van der Waals surface area contributed by atoms with Crippen molar-refractivity contribution in [2.24, 2.45) is 0 Å². The average molecular weight is 252 g/mol. The quantitative estimate of drug-likeness (QED) is 0.656. The van der Waals surface area contributed by atoms with Gasteiger partial charge in [-0.1, -0.05) is 30.3 Å². The molecule has 0 fully saturated rings. The highest BCUT2D eigenvalue weighted by Crippen LogP contribution is 2.33. The lowest BCUT2D eigenvalue weighted by Crippen LogP contribution is -1.93. The summed E-state index contributed by atoms with van der Waals surface area (Å²) in [6, 6.07) is 14.8. The summed E-state index contributed by atoms with van der Waals surface area (Å²) in [7, 11) is 0. The molecule has 94 valence electrons. The number of nitrogens with zero attached hydrogens (tertiary/aromatic N) is 1. The smallest absolute Gasteiger partial charge is 0.276 e. The van der Waals surface area contributed by atoms with Crippen molar-refractivity contribution in [3.05, 3.63) is 69.8 Å². The lowest BCUT2D eigenvalue weighted by Gasteiger charge is -2.00. The van der Waals surface area contributed by atoms with Crippen molar-refractivity contribution in [2.75, 3.05) is 11.9 Å². The topological polar surface area (TPSA) is 55.2 Å². The lowest BCUT2D eigenvalue weighted by molar-refractivity contribution is -0.385. The summed E-state index contributed by atoms with van der Waals surface area (Å²) < 4.78 is 0. The van der Waals surface area contributed by atoms with Crippen LogP contribution in [0.15, 0.2) is 48.5 Å². The van der Waals surface area contributed by atoms with E-state index in [9.17, 15) is 10.1 Å². The van der Waals surface area contributed by atoms with Gasteiger partial charge < -0.3 is 5.32 Å². The first-order valence-electron chi connectivity index (χ1n) is 6.03. The maximum Gasteiger partial charge on any atom is 0.276 e. The van der Waals surface area contributed by atoms with Crippen molar-refractivity contribution in [3.8, 4) is 0 Å². The van der Waals surface area contributed by atoms with Gasteiger partial charge in [0, 0.05) is 23.9 Å². The monoisotopic (exact) mass is 252 g/mol. The summed E-state index contributed by atoms with van der Waals surface area (Å²) in [6.07, 6.45) is 1.89. The summed E-state index contributed by atoms with van der Waals surface area (Å²) in [5.41, 5.74) is 4.04. The molecular formula is C15H12N2O2. The number of fused-ring (bicyclic) bond motifs is 1. The molecule has 0 saturated carbocycles. The highest BCUT2D eigenvalue weighted by Gasteiger charge is 2.17. The molecule has 0 aliphatic carbocycles. The molecule has 1 aliphatic rings. The first-order valence-corrected chi connectivity index (χ1v) is 6.03. The second-order valence-corrected chi connectivity index (χ2v) is 4.38. The molecule has 0 bridgehead atoms. The Hall–Kier alpha value is -2.62. The molecule has 0 amide bonds. The van der Waals surface area contributed by atoms with Crippen LogP contribution in [0.3, 0.4) is 0 Å². The Balaban J connectivity index is 2.07. The van der Waals surface area contributed by atoms with Crippen LogP contribution in [0.2, 0.25) is 0 Å². The molecule has 4 nitrogen and oxygen atoms in total. The Kier molecular flexibility index (Phi) is 2.76. The van der Waals surface area contributed by atoms with Crippen LogP contribution in [0.4, 0.5) is 11.4 Å². The Labute approximate surface area is 110 Å². The van der Waals surface area contributed by atoms with E-state index in [2.05, 4.69) is 5.32 Å². The molecule has 0 saturated heterocycles. The zero-order chi connectivity index (χ0) is 13.2. The molecular weight excluding hydrogens is 240 g/mol. The summed E-state index contributed by atoms with van der Waals surface area (Å²) in [4.78, 5) is 10.7. The molecule has 0 spiro atoms. The van der Waals surface area contributed by atoms with E-state index in [4.69, 9.17) is 0 Å². The van der Waals surface area contributed by atoms with Crippen LogP contribution in [-0.2, 0) is 0 Å². The molecule has 2 aromatic rings. The number of nitro benzene ring substituents is 1. The Bertz CT molecular complexity index is 677. The van der Waals surface area contributed by atoms with Gasteiger partial charge in [-0.05, 0) is 23.8 Å². The molecule has 4 heteroatoms. The van der Waals surface area contributed by atoms with Crippen LogP contribution < -0.4 is 5.32 Å². The number of benzene rings is 2. The second-order valence-electron chi connectivity index (χ2n) is 4.38. The molecule has 3 rings (SSSR count). The highest BCUT2D eigenvalue weighted by atomic mass is 16.6. The molecule has 1 heterocycles. The van der Waals surface area contributed by atoms with Crippen molar-refractivity contribution in [3.63, 3.8) is 0 Å². The maximum atomic E-state index is 11.0. The van der Waals surface area contributed by atoms with Crippen LogP contribution in [0, 0.1) is 10.1 Å². The van der Waals surface area contributed by atoms with E-state index in [-0.39, 0.29) is 10.6 Å². The van der Waals surface area contributed by atoms with E-state index in [1.807, 2.05) is 36.4 Å². The van der Waals surface area contributed by atoms with Crippen molar-refractivity contribution < 1.29 is 4.92 Å². The van der Waals surface area contributed by atoms with Crippen molar-refractivity contribution in [2.45, 2.75) is 0 Å². The number of nitrogens with one attached hydrogen (secondary N) is 1. The van der Waals surface area contributed by atoms with Crippen molar-refractivity contribution in [1.82, 2.24) is 0 Å². The highest BCUT2D eigenvalue weighted by molar-refractivity contribution is 5.93. The normalized spacial score (nSPS) is 15.1. The van der Waals surface area contributed by atoms with Gasteiger partial charge >= 0.3 is 0 Å². The minimum absolute atomic E-state index is 0.138. The number of hydrogen-bond donors (Lipinski definition) is 1. The fourth-order valence-electron chi connectivity index (χ4n) is 2.30. The number of anilines is 1. The Morgan fingerprint density at radius 3 is 2.68 bits per heavy atom. The molecule has 0 aromatic heterocycles. The summed E-state index contributed by atoms with van der Waals surface area (Å²) in [5.74, 6) is 0. The first-order chi connectivity index (χ1) is 9.25. The standard InChI is InChI=1S/C15H12N2O2/c18-17(19)15-8-4-1-5-11(15)9-12-10-16-14-7-3-2-6-13(12)14/h1-9,16H,10H2/b12-9-. The van der Waals surface area contributed by atoms with E-state index in [0.29, 0.717) is 12.1 Å². The summed E-state index contributed by atoms with van der Waals surface area (Å²) in [5, 5.41) is 14.3. The van der Waals surface area contributed by atoms with Gasteiger partial charge in [0.15, 0.2) is 0 Å². The summed E-state index contributed by atoms with van der Waals surface area (Å²) >= 11 is 0. The molecule has 0 radical (unpaired) electrons. The van der Waals surface area contributed by atoms with Gasteiger partial charge in [0.2, 0.25) is 0 Å². The van der Waals surface area contributed by atoms with E-state index in [0.717, 1.165) is 16.8 Å². The third-order valence-corrected chi connectivity index (χ3v) is 3.21. The van der Waals surface area contributed by atoms with Crippen LogP contribution in [-0.4, -0.2) is 11.5 Å². The zero-order valence-corrected chi connectivity index (χ0v) is 10.2. The molecule has 1 aliphatic heterocycles. The number of nitro groups is 1. The van der Waals surface area contributed by atoms with Crippen LogP contribution >= 0.6 is 0 Å². The van der Waals surface area contributed by atoms with Gasteiger partial charge in [-0.2, -0.15) is 0 Å². The fraction of sp³-hybridized carbons (Fsp3) is 0.0667. The lowest BCUT2D eigenvalue weighted by atomic mass is 10.0. The minimum atomic E-state index is -0.347. The molecule has 19 heavy (non-hydrogen) atoms. The van der Waals surface area contributed by atoms with Crippen molar-refractivity contribution >= 4 is 23.0 Å². The fourth-order valence-corrected chi connectivity index (χ4v) is 2.30. The molecule has 0 unspecified atom stereocenters. The average Bonchev–Trinajstić information content (AvgIpc) is 2.83. The first kappa shape index (κ1) is 11.5. The van der Waals surface area contributed by atoms with Crippen LogP contribution in [0.25, 0.3) is 11.6 Å². The molecule has 1 N–H and O–H groups in total. The van der Waals surface area contributed by atoms with Gasteiger partial charge in [-0.25, -0.2) is 0 Å². The number of hydrogen-bond acceptors (Lipinski definition) is 3. The van der Waals surface area contributed by atoms with E-state index < -0.39 is 0 Å². The van der Waals surface area contributed by atoms with E-state index >= 15 is 0 Å². The third kappa shape index (κ3) is 2.08. The zero-order valence-electron chi connectivity index (χ0n) is 10.2. The predicted octanol–water partition coefficient (Wildman–Crippen LogP) is 3.56. The van der Waals surface area contributed by atoms with Gasteiger partial charge in [-0.3, -0.25) is 10.1 Å². The van der Waals surface area contributed by atoms with E-state index in [1.54, 1.807) is 12.1 Å². The van der Waals surface area contributed by atoms with Crippen molar-refractivity contribution in [1.29, 1.82) is 0 Å². The van der Waals surface area contributed by atoms with Gasteiger partial charge in [0.25, 0.3) is 5.69 Å². The Morgan fingerprint density at radius 1 is 1.11 bits per heavy atom.